The number of hydrogen-bond acceptors (Lipinski definition) is 2. The van der Waals surface area contributed by atoms with E-state index in [1.807, 2.05) is 0 Å². The third-order valence-electron chi connectivity index (χ3n) is 3.90. The van der Waals surface area contributed by atoms with Gasteiger partial charge in [-0.15, -0.1) is 0 Å². The highest BCUT2D eigenvalue weighted by atomic mass is 15.1. The number of nitrogens with one attached hydrogen (secondary N) is 1. The summed E-state index contributed by atoms with van der Waals surface area (Å²) in [5.74, 6) is 0. The Balaban J connectivity index is 2.67. The fourth-order valence-electron chi connectivity index (χ4n) is 2.71. The maximum Gasteiger partial charge on any atom is 0.0368 e. The van der Waals surface area contributed by atoms with Crippen LogP contribution in [0.15, 0.2) is 18.2 Å². The Morgan fingerprint density at radius 1 is 1.10 bits per heavy atom. The van der Waals surface area contributed by atoms with Gasteiger partial charge in [-0.25, -0.2) is 0 Å². The molecule has 0 bridgehead atoms. The fraction of sp³-hybridized carbons (Fsp3) is 0.667. The van der Waals surface area contributed by atoms with Crippen LogP contribution in [0, 0.1) is 19.3 Å². The molecule has 1 aromatic rings. The molecule has 1 rings (SSSR count). The Hall–Kier alpha value is -1.02. The number of rotatable bonds is 6. The number of hydrogen-bond donors (Lipinski definition) is 1. The van der Waals surface area contributed by atoms with Gasteiger partial charge >= 0.3 is 0 Å². The molecule has 0 aliphatic heterocycles. The van der Waals surface area contributed by atoms with E-state index < -0.39 is 0 Å². The molecule has 2 nitrogen and oxygen atoms in total. The Bertz CT molecular complexity index is 398. The number of aryl methyl sites for hydroxylation is 2. The predicted molar refractivity (Wildman–Crippen MR) is 90.7 cm³/mol. The summed E-state index contributed by atoms with van der Waals surface area (Å²) in [6.45, 7) is 15.6. The summed E-state index contributed by atoms with van der Waals surface area (Å²) in [4.78, 5) is 2.37. The molecule has 2 heteroatoms. The van der Waals surface area contributed by atoms with Crippen LogP contribution in [-0.2, 0) is 0 Å². The van der Waals surface area contributed by atoms with Crippen molar-refractivity contribution >= 4 is 5.69 Å². The summed E-state index contributed by atoms with van der Waals surface area (Å²) in [6, 6.07) is 7.33. The van der Waals surface area contributed by atoms with Gasteiger partial charge in [-0.05, 0) is 55.5 Å². The van der Waals surface area contributed by atoms with Gasteiger partial charge in [0.15, 0.2) is 0 Å². The molecular formula is C18H32N2. The zero-order valence-corrected chi connectivity index (χ0v) is 14.4. The molecule has 0 fully saturated rings. The summed E-state index contributed by atoms with van der Waals surface area (Å²) >= 11 is 0. The molecule has 1 atom stereocenters. The van der Waals surface area contributed by atoms with E-state index in [9.17, 15) is 0 Å². The SMILES string of the molecule is CCNC(CCN(C)c1cc(C)cc(C)c1)C(C)(C)C. The number of anilines is 1. The molecule has 0 spiro atoms. The van der Waals surface area contributed by atoms with Gasteiger partial charge in [0.2, 0.25) is 0 Å². The maximum atomic E-state index is 3.63. The first-order valence-electron chi connectivity index (χ1n) is 7.77. The van der Waals surface area contributed by atoms with Crippen molar-refractivity contribution in [3.8, 4) is 0 Å². The molecule has 1 N–H and O–H groups in total. The number of benzene rings is 1. The number of nitrogens with zero attached hydrogens (tertiary/aromatic N) is 1. The molecule has 0 aromatic heterocycles. The second kappa shape index (κ2) is 7.12. The lowest BCUT2D eigenvalue weighted by atomic mass is 9.84. The average molecular weight is 276 g/mol. The Morgan fingerprint density at radius 2 is 1.65 bits per heavy atom. The van der Waals surface area contributed by atoms with Gasteiger partial charge in [0, 0.05) is 25.3 Å². The first-order valence-corrected chi connectivity index (χ1v) is 7.77. The lowest BCUT2D eigenvalue weighted by molar-refractivity contribution is 0.260. The van der Waals surface area contributed by atoms with Gasteiger partial charge in [0.25, 0.3) is 0 Å². The lowest BCUT2D eigenvalue weighted by Gasteiger charge is -2.33. The van der Waals surface area contributed by atoms with E-state index in [1.165, 1.54) is 23.2 Å². The largest absolute Gasteiger partial charge is 0.375 e. The molecular weight excluding hydrogens is 244 g/mol. The van der Waals surface area contributed by atoms with E-state index in [4.69, 9.17) is 0 Å². The van der Waals surface area contributed by atoms with Gasteiger partial charge < -0.3 is 10.2 Å². The second-order valence-electron chi connectivity index (χ2n) is 7.03. The zero-order valence-electron chi connectivity index (χ0n) is 14.4. The molecule has 1 aromatic carbocycles. The molecule has 0 saturated carbocycles. The van der Waals surface area contributed by atoms with Crippen molar-refractivity contribution in [1.82, 2.24) is 5.32 Å². The zero-order chi connectivity index (χ0) is 15.3. The van der Waals surface area contributed by atoms with Crippen LogP contribution in [-0.4, -0.2) is 26.2 Å². The summed E-state index contributed by atoms with van der Waals surface area (Å²) in [6.07, 6.45) is 1.17. The maximum absolute atomic E-state index is 3.63. The van der Waals surface area contributed by atoms with Crippen molar-refractivity contribution in [2.24, 2.45) is 5.41 Å². The Morgan fingerprint density at radius 3 is 2.10 bits per heavy atom. The van der Waals surface area contributed by atoms with Crippen molar-refractivity contribution in [2.45, 2.75) is 54.0 Å². The highest BCUT2D eigenvalue weighted by Crippen LogP contribution is 2.23. The van der Waals surface area contributed by atoms with Crippen LogP contribution < -0.4 is 10.2 Å². The third kappa shape index (κ3) is 5.16. The minimum Gasteiger partial charge on any atom is -0.375 e. The molecule has 114 valence electrons. The molecule has 0 aliphatic carbocycles. The van der Waals surface area contributed by atoms with Crippen molar-refractivity contribution in [1.29, 1.82) is 0 Å². The highest BCUT2D eigenvalue weighted by molar-refractivity contribution is 5.50. The molecule has 1 unspecified atom stereocenters. The predicted octanol–water partition coefficient (Wildman–Crippen LogP) is 4.15. The van der Waals surface area contributed by atoms with Gasteiger partial charge in [-0.1, -0.05) is 33.8 Å². The van der Waals surface area contributed by atoms with Crippen molar-refractivity contribution in [2.75, 3.05) is 25.0 Å². The van der Waals surface area contributed by atoms with Gasteiger partial charge in [-0.3, -0.25) is 0 Å². The smallest absolute Gasteiger partial charge is 0.0368 e. The summed E-state index contributed by atoms with van der Waals surface area (Å²) in [7, 11) is 2.19. The van der Waals surface area contributed by atoms with E-state index in [0.29, 0.717) is 11.5 Å². The summed E-state index contributed by atoms with van der Waals surface area (Å²) in [5, 5.41) is 3.63. The monoisotopic (exact) mass is 276 g/mol. The van der Waals surface area contributed by atoms with E-state index in [1.54, 1.807) is 0 Å². The summed E-state index contributed by atoms with van der Waals surface area (Å²) in [5.41, 5.74) is 4.31. The van der Waals surface area contributed by atoms with Crippen molar-refractivity contribution in [3.63, 3.8) is 0 Å². The first kappa shape index (κ1) is 17.0. The topological polar surface area (TPSA) is 15.3 Å². The molecule has 0 heterocycles. The van der Waals surface area contributed by atoms with Gasteiger partial charge in [-0.2, -0.15) is 0 Å². The average Bonchev–Trinajstić information content (AvgIpc) is 2.31. The molecule has 0 aliphatic rings. The minimum atomic E-state index is 0.305. The standard InChI is InChI=1S/C18H32N2/c1-8-19-17(18(4,5)6)9-10-20(7)16-12-14(2)11-15(3)13-16/h11-13,17,19H,8-10H2,1-7H3. The van der Waals surface area contributed by atoms with E-state index in [-0.39, 0.29) is 0 Å². The van der Waals surface area contributed by atoms with Crippen LogP contribution in [0.2, 0.25) is 0 Å². The Labute approximate surface area is 125 Å². The van der Waals surface area contributed by atoms with Crippen molar-refractivity contribution in [3.05, 3.63) is 29.3 Å². The molecule has 0 radical (unpaired) electrons. The van der Waals surface area contributed by atoms with Gasteiger partial charge in [0.05, 0.1) is 0 Å². The quantitative estimate of drug-likeness (QED) is 0.839. The van der Waals surface area contributed by atoms with Crippen LogP contribution in [0.5, 0.6) is 0 Å². The second-order valence-corrected chi connectivity index (χ2v) is 7.03. The van der Waals surface area contributed by atoms with E-state index in [0.717, 1.165) is 13.1 Å². The highest BCUT2D eigenvalue weighted by Gasteiger charge is 2.23. The van der Waals surface area contributed by atoms with Crippen LogP contribution in [0.3, 0.4) is 0 Å². The molecule has 20 heavy (non-hydrogen) atoms. The van der Waals surface area contributed by atoms with Crippen LogP contribution in [0.25, 0.3) is 0 Å². The lowest BCUT2D eigenvalue weighted by Crippen LogP contribution is -2.42. The molecule has 0 saturated heterocycles. The van der Waals surface area contributed by atoms with Crippen LogP contribution >= 0.6 is 0 Å². The normalized spacial score (nSPS) is 13.3. The van der Waals surface area contributed by atoms with Crippen LogP contribution in [0.1, 0.15) is 45.2 Å². The Kier molecular flexibility index (Phi) is 6.07. The third-order valence-corrected chi connectivity index (χ3v) is 3.90. The first-order chi connectivity index (χ1) is 9.24. The van der Waals surface area contributed by atoms with Crippen LogP contribution in [0.4, 0.5) is 5.69 Å². The van der Waals surface area contributed by atoms with E-state index in [2.05, 4.69) is 77.0 Å². The van der Waals surface area contributed by atoms with Crippen molar-refractivity contribution < 1.29 is 0 Å². The van der Waals surface area contributed by atoms with Gasteiger partial charge in [0.1, 0.15) is 0 Å². The fourth-order valence-corrected chi connectivity index (χ4v) is 2.71. The molecule has 0 amide bonds. The van der Waals surface area contributed by atoms with E-state index >= 15 is 0 Å². The summed E-state index contributed by atoms with van der Waals surface area (Å²) < 4.78 is 0. The minimum absolute atomic E-state index is 0.305.